The zero-order chi connectivity index (χ0) is 31.0. The molecule has 1 atom stereocenters. The van der Waals surface area contributed by atoms with Crippen LogP contribution in [0.4, 0.5) is 28.9 Å². The van der Waals surface area contributed by atoms with Gasteiger partial charge in [-0.05, 0) is 48.1 Å². The number of nitrogens with zero attached hydrogens (tertiary/aromatic N) is 7. The van der Waals surface area contributed by atoms with Gasteiger partial charge in [-0.25, -0.2) is 9.07 Å². The van der Waals surface area contributed by atoms with Crippen LogP contribution in [0.5, 0.6) is 0 Å². The molecule has 9 nitrogen and oxygen atoms in total. The number of anilines is 2. The quantitative estimate of drug-likeness (QED) is 0.217. The Balaban J connectivity index is 1.60. The number of rotatable bonds is 9. The monoisotopic (exact) mass is 587 g/mol. The molecular formula is C30H25F4N9. The molecule has 0 spiro atoms. The molecule has 2 N–H and O–H groups in total. The molecule has 0 radical (unpaired) electrons. The number of fused-ring (bicyclic) bond motifs is 1. The summed E-state index contributed by atoms with van der Waals surface area (Å²) in [6, 6.07) is 14.1. The minimum absolute atomic E-state index is 0.112. The van der Waals surface area contributed by atoms with Gasteiger partial charge in [0, 0.05) is 30.2 Å². The zero-order valence-electron chi connectivity index (χ0n) is 23.2. The van der Waals surface area contributed by atoms with Gasteiger partial charge in [-0.15, -0.1) is 5.10 Å². The second-order valence-corrected chi connectivity index (χ2v) is 11.3. The summed E-state index contributed by atoms with van der Waals surface area (Å²) in [6.07, 6.45) is -1.87. The first-order valence-corrected chi connectivity index (χ1v) is 13.3. The molecule has 1 saturated carbocycles. The van der Waals surface area contributed by atoms with E-state index in [1.807, 2.05) is 13.8 Å². The Morgan fingerprint density at radius 3 is 2.35 bits per heavy atom. The molecular weight excluding hydrogens is 562 g/mol. The lowest BCUT2D eigenvalue weighted by molar-refractivity contribution is -0.182. The number of alkyl halides is 3. The van der Waals surface area contributed by atoms with Crippen LogP contribution in [-0.4, -0.2) is 32.7 Å². The molecule has 2 aromatic carbocycles. The van der Waals surface area contributed by atoms with E-state index in [4.69, 9.17) is 0 Å². The standard InChI is InChI=1S/C30H25F4N9/c1-28(2,9-10-35)17-39-26-20(14-37)15-38-25-19(13-36)11-22(12-23(25)26)40-27(18-3-5-21(31)6-4-18)24-16-43(42-41-24)29(7-8-29)30(32,33)34/h3-6,11-12,15-16,27,40H,7-9,17H2,1-2H3,(H,38,39). The van der Waals surface area contributed by atoms with Crippen molar-refractivity contribution in [1.29, 1.82) is 15.8 Å². The highest BCUT2D eigenvalue weighted by Gasteiger charge is 2.66. The molecule has 1 aliphatic rings. The number of benzene rings is 2. The topological polar surface area (TPSA) is 139 Å². The van der Waals surface area contributed by atoms with Gasteiger partial charge in [-0.2, -0.15) is 29.0 Å². The summed E-state index contributed by atoms with van der Waals surface area (Å²) in [7, 11) is 0. The van der Waals surface area contributed by atoms with Crippen LogP contribution < -0.4 is 10.6 Å². The minimum Gasteiger partial charge on any atom is -0.383 e. The van der Waals surface area contributed by atoms with Gasteiger partial charge in [0.1, 0.15) is 23.6 Å². The summed E-state index contributed by atoms with van der Waals surface area (Å²) in [6.45, 7) is 4.14. The highest BCUT2D eigenvalue weighted by molar-refractivity contribution is 5.99. The van der Waals surface area contributed by atoms with Gasteiger partial charge in [0.2, 0.25) is 0 Å². The maximum Gasteiger partial charge on any atom is 0.413 e. The number of halogens is 4. The van der Waals surface area contributed by atoms with Crippen LogP contribution in [0.25, 0.3) is 10.9 Å². The Bertz CT molecular complexity index is 1800. The Morgan fingerprint density at radius 1 is 1.05 bits per heavy atom. The molecule has 218 valence electrons. The van der Waals surface area contributed by atoms with Crippen molar-refractivity contribution in [3.8, 4) is 18.2 Å². The van der Waals surface area contributed by atoms with Crippen molar-refractivity contribution in [2.24, 2.45) is 5.41 Å². The van der Waals surface area contributed by atoms with E-state index in [-0.39, 0.29) is 36.1 Å². The first-order chi connectivity index (χ1) is 20.4. The van der Waals surface area contributed by atoms with Gasteiger partial charge in [-0.3, -0.25) is 4.98 Å². The molecule has 0 bridgehead atoms. The highest BCUT2D eigenvalue weighted by Crippen LogP contribution is 2.55. The van der Waals surface area contributed by atoms with Crippen LogP contribution >= 0.6 is 0 Å². The molecule has 43 heavy (non-hydrogen) atoms. The fraction of sp³-hybridized carbons (Fsp3) is 0.333. The lowest BCUT2D eigenvalue weighted by Gasteiger charge is -2.24. The van der Waals surface area contributed by atoms with Crippen LogP contribution in [0.1, 0.15) is 61.5 Å². The fourth-order valence-electron chi connectivity index (χ4n) is 4.88. The van der Waals surface area contributed by atoms with Crippen molar-refractivity contribution in [2.75, 3.05) is 17.2 Å². The van der Waals surface area contributed by atoms with Crippen LogP contribution in [-0.2, 0) is 5.54 Å². The highest BCUT2D eigenvalue weighted by atomic mass is 19.4. The largest absolute Gasteiger partial charge is 0.413 e. The predicted molar refractivity (Wildman–Crippen MR) is 149 cm³/mol. The van der Waals surface area contributed by atoms with Gasteiger partial charge in [0.05, 0.1) is 40.6 Å². The predicted octanol–water partition coefficient (Wildman–Crippen LogP) is 6.31. The van der Waals surface area contributed by atoms with Crippen molar-refractivity contribution < 1.29 is 17.6 Å². The second kappa shape index (κ2) is 10.9. The van der Waals surface area contributed by atoms with Crippen LogP contribution in [0, 0.1) is 45.2 Å². The van der Waals surface area contributed by atoms with E-state index < -0.39 is 29.0 Å². The molecule has 2 heterocycles. The summed E-state index contributed by atoms with van der Waals surface area (Å²) in [5, 5.41) is 43.7. The third-order valence-corrected chi connectivity index (χ3v) is 7.52. The van der Waals surface area contributed by atoms with Gasteiger partial charge in [-0.1, -0.05) is 31.2 Å². The van der Waals surface area contributed by atoms with Crippen molar-refractivity contribution in [3.63, 3.8) is 0 Å². The van der Waals surface area contributed by atoms with Crippen LogP contribution in [0.3, 0.4) is 0 Å². The molecule has 2 aromatic heterocycles. The average Bonchev–Trinajstić information content (AvgIpc) is 3.66. The molecule has 1 fully saturated rings. The number of nitriles is 3. The van der Waals surface area contributed by atoms with E-state index >= 15 is 0 Å². The Kier molecular flexibility index (Phi) is 7.41. The minimum atomic E-state index is -4.51. The van der Waals surface area contributed by atoms with E-state index in [2.05, 4.69) is 44.1 Å². The lowest BCUT2D eigenvalue weighted by Crippen LogP contribution is -2.35. The third kappa shape index (κ3) is 5.64. The van der Waals surface area contributed by atoms with Gasteiger partial charge < -0.3 is 10.6 Å². The normalized spacial score (nSPS) is 14.8. The second-order valence-electron chi connectivity index (χ2n) is 11.3. The Morgan fingerprint density at radius 2 is 1.74 bits per heavy atom. The van der Waals surface area contributed by atoms with Crippen molar-refractivity contribution in [1.82, 2.24) is 20.0 Å². The molecule has 1 unspecified atom stereocenters. The molecule has 0 amide bonds. The van der Waals surface area contributed by atoms with Crippen molar-refractivity contribution in [3.05, 3.63) is 77.0 Å². The molecule has 4 aromatic rings. The molecule has 1 aliphatic carbocycles. The maximum absolute atomic E-state index is 13.8. The van der Waals surface area contributed by atoms with Crippen molar-refractivity contribution in [2.45, 2.75) is 50.9 Å². The maximum atomic E-state index is 13.8. The Hall–Kier alpha value is -5.22. The smallest absolute Gasteiger partial charge is 0.383 e. The molecule has 0 aliphatic heterocycles. The number of pyridine rings is 1. The van der Waals surface area contributed by atoms with Crippen molar-refractivity contribution >= 4 is 22.3 Å². The summed E-state index contributed by atoms with van der Waals surface area (Å²) in [4.78, 5) is 4.33. The lowest BCUT2D eigenvalue weighted by atomic mass is 9.90. The average molecular weight is 588 g/mol. The summed E-state index contributed by atoms with van der Waals surface area (Å²) in [5.74, 6) is -0.497. The fourth-order valence-corrected chi connectivity index (χ4v) is 4.88. The van der Waals surface area contributed by atoms with Gasteiger partial charge >= 0.3 is 6.18 Å². The first kappa shape index (κ1) is 29.3. The number of nitrogens with one attached hydrogen (secondary N) is 2. The SMILES string of the molecule is CC(C)(CC#N)CNc1c(C#N)cnc2c(C#N)cc(NC(c3ccc(F)cc3)c3cn(C4(C(F)(F)F)CC4)nn3)cc12. The number of hydrogen-bond donors (Lipinski definition) is 2. The van der Waals surface area contributed by atoms with E-state index in [0.717, 1.165) is 4.68 Å². The van der Waals surface area contributed by atoms with Crippen LogP contribution in [0.2, 0.25) is 0 Å². The van der Waals surface area contributed by atoms with E-state index in [9.17, 15) is 33.3 Å². The summed E-state index contributed by atoms with van der Waals surface area (Å²) < 4.78 is 56.0. The number of aromatic nitrogens is 4. The Labute approximate surface area is 244 Å². The molecule has 0 saturated heterocycles. The third-order valence-electron chi connectivity index (χ3n) is 7.52. The number of hydrogen-bond acceptors (Lipinski definition) is 8. The zero-order valence-corrected chi connectivity index (χ0v) is 23.2. The van der Waals surface area contributed by atoms with Gasteiger partial charge in [0.25, 0.3) is 0 Å². The summed E-state index contributed by atoms with van der Waals surface area (Å²) in [5.41, 5.74) is -0.365. The molecule has 13 heteroatoms. The summed E-state index contributed by atoms with van der Waals surface area (Å²) >= 11 is 0. The van der Waals surface area contributed by atoms with Crippen LogP contribution in [0.15, 0.2) is 48.8 Å². The molecule has 5 rings (SSSR count). The van der Waals surface area contributed by atoms with Gasteiger partial charge in [0.15, 0.2) is 5.54 Å². The van der Waals surface area contributed by atoms with E-state index in [0.29, 0.717) is 34.4 Å². The van der Waals surface area contributed by atoms with E-state index in [1.165, 1.54) is 42.7 Å². The van der Waals surface area contributed by atoms with E-state index in [1.54, 1.807) is 6.07 Å². The first-order valence-electron chi connectivity index (χ1n) is 13.3.